The Morgan fingerprint density at radius 2 is 1.95 bits per heavy atom. The molecule has 0 heterocycles. The summed E-state index contributed by atoms with van der Waals surface area (Å²) in [6.07, 6.45) is 0. The highest BCUT2D eigenvalue weighted by atomic mass is 79.9. The van der Waals surface area contributed by atoms with Crippen LogP contribution in [0.2, 0.25) is 5.02 Å². The van der Waals surface area contributed by atoms with E-state index in [0.29, 0.717) is 15.6 Å². The van der Waals surface area contributed by atoms with Gasteiger partial charge in [0.2, 0.25) is 0 Å². The molecule has 0 radical (unpaired) electrons. The van der Waals surface area contributed by atoms with Crippen LogP contribution in [-0.2, 0) is 0 Å². The number of nitrogens with one attached hydrogen (secondary N) is 1. The Morgan fingerprint density at radius 1 is 1.25 bits per heavy atom. The molecule has 2 rings (SSSR count). The van der Waals surface area contributed by atoms with E-state index >= 15 is 0 Å². The number of hydrogen-bond donors (Lipinski definition) is 2. The molecule has 3 nitrogen and oxygen atoms in total. The SMILES string of the molecule is Nc1cc(F)cc(F)c1NC(=O)c1cc(Cl)ccc1Br. The van der Waals surface area contributed by atoms with E-state index in [2.05, 4.69) is 21.2 Å². The Kier molecular flexibility index (Phi) is 4.25. The predicted octanol–water partition coefficient (Wildman–Crippen LogP) is 4.22. The van der Waals surface area contributed by atoms with Crippen LogP contribution < -0.4 is 11.1 Å². The van der Waals surface area contributed by atoms with E-state index in [0.717, 1.165) is 6.07 Å². The number of amides is 1. The Hall–Kier alpha value is -1.66. The van der Waals surface area contributed by atoms with Gasteiger partial charge in [0.25, 0.3) is 5.91 Å². The van der Waals surface area contributed by atoms with E-state index in [-0.39, 0.29) is 16.9 Å². The van der Waals surface area contributed by atoms with Crippen LogP contribution in [0.15, 0.2) is 34.8 Å². The third kappa shape index (κ3) is 3.08. The molecule has 7 heteroatoms. The molecule has 104 valence electrons. The summed E-state index contributed by atoms with van der Waals surface area (Å²) in [5.41, 5.74) is 5.22. The second-order valence-corrected chi connectivity index (χ2v) is 5.22. The first-order valence-corrected chi connectivity index (χ1v) is 6.56. The van der Waals surface area contributed by atoms with Gasteiger partial charge in [0.1, 0.15) is 11.5 Å². The van der Waals surface area contributed by atoms with Gasteiger partial charge >= 0.3 is 0 Å². The van der Waals surface area contributed by atoms with E-state index in [1.807, 2.05) is 0 Å². The third-order valence-electron chi connectivity index (χ3n) is 2.50. The lowest BCUT2D eigenvalue weighted by atomic mass is 10.2. The lowest BCUT2D eigenvalue weighted by Crippen LogP contribution is -2.15. The monoisotopic (exact) mass is 360 g/mol. The molecule has 0 fully saturated rings. The van der Waals surface area contributed by atoms with Crippen LogP contribution in [0.5, 0.6) is 0 Å². The molecule has 0 unspecified atom stereocenters. The largest absolute Gasteiger partial charge is 0.397 e. The fourth-order valence-corrected chi connectivity index (χ4v) is 2.18. The summed E-state index contributed by atoms with van der Waals surface area (Å²) in [5.74, 6) is -2.38. The molecule has 0 aliphatic rings. The van der Waals surface area contributed by atoms with Gasteiger partial charge in [0.05, 0.1) is 11.3 Å². The zero-order valence-electron chi connectivity index (χ0n) is 9.88. The Bertz CT molecular complexity index is 671. The van der Waals surface area contributed by atoms with Gasteiger partial charge in [-0.1, -0.05) is 11.6 Å². The number of nitrogens with two attached hydrogens (primary N) is 1. The van der Waals surface area contributed by atoms with Crippen LogP contribution in [0.4, 0.5) is 20.2 Å². The van der Waals surface area contributed by atoms with Crippen molar-refractivity contribution in [3.05, 3.63) is 57.0 Å². The fraction of sp³-hybridized carbons (Fsp3) is 0. The first-order valence-electron chi connectivity index (χ1n) is 5.39. The number of halogens is 4. The highest BCUT2D eigenvalue weighted by Gasteiger charge is 2.16. The second kappa shape index (κ2) is 5.76. The minimum absolute atomic E-state index is 0.200. The Morgan fingerprint density at radius 3 is 2.60 bits per heavy atom. The maximum atomic E-state index is 13.6. The predicted molar refractivity (Wildman–Crippen MR) is 77.9 cm³/mol. The molecular formula is C13H8BrClF2N2O. The quantitative estimate of drug-likeness (QED) is 0.787. The van der Waals surface area contributed by atoms with Gasteiger partial charge in [-0.05, 0) is 40.2 Å². The molecule has 2 aromatic carbocycles. The van der Waals surface area contributed by atoms with Gasteiger partial charge in [-0.25, -0.2) is 8.78 Å². The second-order valence-electron chi connectivity index (χ2n) is 3.93. The minimum atomic E-state index is -0.950. The topological polar surface area (TPSA) is 55.1 Å². The molecule has 0 aliphatic heterocycles. The van der Waals surface area contributed by atoms with Crippen molar-refractivity contribution in [2.75, 3.05) is 11.1 Å². The number of anilines is 2. The van der Waals surface area contributed by atoms with Crippen molar-refractivity contribution in [1.29, 1.82) is 0 Å². The van der Waals surface area contributed by atoms with Gasteiger partial charge in [0, 0.05) is 15.6 Å². The van der Waals surface area contributed by atoms with E-state index < -0.39 is 17.5 Å². The number of rotatable bonds is 2. The number of carbonyl (C=O) groups is 1. The highest BCUT2D eigenvalue weighted by molar-refractivity contribution is 9.10. The van der Waals surface area contributed by atoms with Gasteiger partial charge in [-0.3, -0.25) is 4.79 Å². The summed E-state index contributed by atoms with van der Waals surface area (Å²) in [6.45, 7) is 0. The number of hydrogen-bond acceptors (Lipinski definition) is 2. The van der Waals surface area contributed by atoms with E-state index in [4.69, 9.17) is 17.3 Å². The van der Waals surface area contributed by atoms with Gasteiger partial charge < -0.3 is 11.1 Å². The average Bonchev–Trinajstić information content (AvgIpc) is 2.36. The summed E-state index contributed by atoms with van der Waals surface area (Å²) in [6, 6.07) is 6.15. The van der Waals surface area contributed by atoms with Crippen molar-refractivity contribution in [2.24, 2.45) is 0 Å². The Balaban J connectivity index is 2.35. The number of nitrogen functional groups attached to an aromatic ring is 1. The van der Waals surface area contributed by atoms with Crippen molar-refractivity contribution in [3.8, 4) is 0 Å². The summed E-state index contributed by atoms with van der Waals surface area (Å²) in [7, 11) is 0. The maximum Gasteiger partial charge on any atom is 0.256 e. The van der Waals surface area contributed by atoms with Crippen LogP contribution in [0, 0.1) is 11.6 Å². The average molecular weight is 362 g/mol. The summed E-state index contributed by atoms with van der Waals surface area (Å²) in [4.78, 5) is 12.1. The minimum Gasteiger partial charge on any atom is -0.397 e. The van der Waals surface area contributed by atoms with Gasteiger partial charge in [-0.2, -0.15) is 0 Å². The van der Waals surface area contributed by atoms with Crippen LogP contribution in [0.25, 0.3) is 0 Å². The standard InChI is InChI=1S/C13H8BrClF2N2O/c14-9-2-1-6(15)3-8(9)13(20)19-12-10(17)4-7(16)5-11(12)18/h1-5H,18H2,(H,19,20). The fourth-order valence-electron chi connectivity index (χ4n) is 1.58. The van der Waals surface area contributed by atoms with Crippen LogP contribution in [0.1, 0.15) is 10.4 Å². The van der Waals surface area contributed by atoms with Gasteiger partial charge in [-0.15, -0.1) is 0 Å². The third-order valence-corrected chi connectivity index (χ3v) is 3.42. The number of carbonyl (C=O) groups excluding carboxylic acids is 1. The normalized spacial score (nSPS) is 10.4. The summed E-state index contributed by atoms with van der Waals surface area (Å²) >= 11 is 8.99. The first-order chi connectivity index (χ1) is 9.38. The molecule has 0 spiro atoms. The molecule has 0 atom stereocenters. The lowest BCUT2D eigenvalue weighted by molar-refractivity contribution is 0.102. The smallest absolute Gasteiger partial charge is 0.256 e. The zero-order valence-corrected chi connectivity index (χ0v) is 12.2. The van der Waals surface area contributed by atoms with Crippen LogP contribution in [0.3, 0.4) is 0 Å². The molecule has 0 saturated carbocycles. The first kappa shape index (κ1) is 14.7. The summed E-state index contributed by atoms with van der Waals surface area (Å²) in [5, 5.41) is 2.65. The van der Waals surface area contributed by atoms with Crippen LogP contribution in [-0.4, -0.2) is 5.91 Å². The maximum absolute atomic E-state index is 13.6. The van der Waals surface area contributed by atoms with Gasteiger partial charge in [0.15, 0.2) is 5.82 Å². The van der Waals surface area contributed by atoms with Crippen molar-refractivity contribution in [2.45, 2.75) is 0 Å². The van der Waals surface area contributed by atoms with E-state index in [9.17, 15) is 13.6 Å². The van der Waals surface area contributed by atoms with Crippen molar-refractivity contribution >= 4 is 44.8 Å². The van der Waals surface area contributed by atoms with E-state index in [1.54, 1.807) is 12.1 Å². The van der Waals surface area contributed by atoms with E-state index in [1.165, 1.54) is 6.07 Å². The summed E-state index contributed by atoms with van der Waals surface area (Å²) < 4.78 is 27.0. The molecular weight excluding hydrogens is 354 g/mol. The van der Waals surface area contributed by atoms with Crippen molar-refractivity contribution in [1.82, 2.24) is 0 Å². The molecule has 0 aromatic heterocycles. The van der Waals surface area contributed by atoms with Crippen molar-refractivity contribution < 1.29 is 13.6 Å². The molecule has 3 N–H and O–H groups in total. The molecule has 1 amide bonds. The molecule has 0 bridgehead atoms. The highest BCUT2D eigenvalue weighted by Crippen LogP contribution is 2.26. The zero-order chi connectivity index (χ0) is 14.9. The molecule has 0 saturated heterocycles. The number of benzene rings is 2. The lowest BCUT2D eigenvalue weighted by Gasteiger charge is -2.10. The molecule has 20 heavy (non-hydrogen) atoms. The Labute approximate surface area is 126 Å². The molecule has 0 aliphatic carbocycles. The van der Waals surface area contributed by atoms with Crippen molar-refractivity contribution in [3.63, 3.8) is 0 Å². The molecule has 2 aromatic rings. The van der Waals surface area contributed by atoms with Crippen LogP contribution >= 0.6 is 27.5 Å².